The van der Waals surface area contributed by atoms with Crippen molar-refractivity contribution in [2.75, 3.05) is 0 Å². The maximum Gasteiger partial charge on any atom is 0.0714 e. The highest BCUT2D eigenvalue weighted by molar-refractivity contribution is 5.87. The number of hydrogen-bond donors (Lipinski definition) is 0. The van der Waals surface area contributed by atoms with Crippen LogP contribution in [0.2, 0.25) is 0 Å². The lowest BCUT2D eigenvalue weighted by molar-refractivity contribution is 1.32. The molecular formula is C27H21N. The van der Waals surface area contributed by atoms with Crippen molar-refractivity contribution < 1.29 is 0 Å². The summed E-state index contributed by atoms with van der Waals surface area (Å²) in [5, 5.41) is 0. The molecule has 0 radical (unpaired) electrons. The lowest BCUT2D eigenvalue weighted by Crippen LogP contribution is -1.90. The van der Waals surface area contributed by atoms with E-state index < -0.39 is 0 Å². The van der Waals surface area contributed by atoms with E-state index in [2.05, 4.69) is 102 Å². The first-order valence-corrected chi connectivity index (χ1v) is 9.41. The fourth-order valence-electron chi connectivity index (χ4n) is 3.17. The van der Waals surface area contributed by atoms with Gasteiger partial charge in [-0.25, -0.2) is 0 Å². The second-order valence-corrected chi connectivity index (χ2v) is 6.51. The van der Waals surface area contributed by atoms with Crippen molar-refractivity contribution in [1.82, 2.24) is 4.98 Å². The van der Waals surface area contributed by atoms with Crippen LogP contribution in [0.4, 0.5) is 0 Å². The predicted octanol–water partition coefficient (Wildman–Crippen LogP) is 7.09. The van der Waals surface area contributed by atoms with E-state index in [0.29, 0.717) is 0 Å². The van der Waals surface area contributed by atoms with Crippen LogP contribution < -0.4 is 0 Å². The van der Waals surface area contributed by atoms with Gasteiger partial charge >= 0.3 is 0 Å². The monoisotopic (exact) mass is 359 g/mol. The molecule has 0 saturated heterocycles. The first-order chi connectivity index (χ1) is 13.9. The Labute approximate surface area is 166 Å². The number of pyridine rings is 1. The number of rotatable bonds is 5. The van der Waals surface area contributed by atoms with Crippen LogP contribution in [-0.2, 0) is 0 Å². The quantitative estimate of drug-likeness (QED) is 0.347. The molecule has 0 fully saturated rings. The standard InChI is InChI=1S/C27H21N/c1-3-10-22(11-4-1)17-19-24-14-9-15-25(20-18-23-12-5-2-6-13-23)27(24)26-16-7-8-21-28-26/h1-21H/b19-17+,20-18+. The van der Waals surface area contributed by atoms with Crippen LogP contribution in [0.1, 0.15) is 22.3 Å². The summed E-state index contributed by atoms with van der Waals surface area (Å²) in [6.45, 7) is 0. The highest BCUT2D eigenvalue weighted by Gasteiger charge is 2.08. The Morgan fingerprint density at radius 1 is 0.464 bits per heavy atom. The van der Waals surface area contributed by atoms with Crippen LogP contribution in [0.25, 0.3) is 35.6 Å². The summed E-state index contributed by atoms with van der Waals surface area (Å²) in [5.74, 6) is 0. The first-order valence-electron chi connectivity index (χ1n) is 9.41. The minimum Gasteiger partial charge on any atom is -0.256 e. The summed E-state index contributed by atoms with van der Waals surface area (Å²) in [4.78, 5) is 4.61. The third kappa shape index (κ3) is 4.33. The van der Waals surface area contributed by atoms with Crippen LogP contribution in [0, 0.1) is 0 Å². The second-order valence-electron chi connectivity index (χ2n) is 6.51. The van der Waals surface area contributed by atoms with Crippen LogP contribution in [0.15, 0.2) is 103 Å². The normalized spacial score (nSPS) is 11.3. The molecule has 0 N–H and O–H groups in total. The van der Waals surface area contributed by atoms with Crippen LogP contribution >= 0.6 is 0 Å². The van der Waals surface area contributed by atoms with Gasteiger partial charge < -0.3 is 0 Å². The maximum absolute atomic E-state index is 4.61. The van der Waals surface area contributed by atoms with Crippen LogP contribution in [0.3, 0.4) is 0 Å². The summed E-state index contributed by atoms with van der Waals surface area (Å²) in [5.41, 5.74) is 6.78. The molecule has 0 atom stereocenters. The molecule has 0 aliphatic carbocycles. The van der Waals surface area contributed by atoms with Gasteiger partial charge in [-0.15, -0.1) is 0 Å². The van der Waals surface area contributed by atoms with Gasteiger partial charge in [0.25, 0.3) is 0 Å². The number of aromatic nitrogens is 1. The summed E-state index contributed by atoms with van der Waals surface area (Å²) in [7, 11) is 0. The smallest absolute Gasteiger partial charge is 0.0714 e. The van der Waals surface area contributed by atoms with Gasteiger partial charge in [0.05, 0.1) is 5.69 Å². The van der Waals surface area contributed by atoms with E-state index in [1.165, 1.54) is 11.1 Å². The van der Waals surface area contributed by atoms with Gasteiger partial charge in [0.2, 0.25) is 0 Å². The van der Waals surface area contributed by atoms with E-state index in [4.69, 9.17) is 0 Å². The van der Waals surface area contributed by atoms with Crippen LogP contribution in [0.5, 0.6) is 0 Å². The van der Waals surface area contributed by atoms with E-state index in [1.807, 2.05) is 30.5 Å². The van der Waals surface area contributed by atoms with E-state index in [-0.39, 0.29) is 0 Å². The SMILES string of the molecule is C(=C\c1cccc(/C=C/c2ccccc2)c1-c1ccccn1)/c1ccccc1. The molecule has 1 heterocycles. The molecule has 1 nitrogen and oxygen atoms in total. The summed E-state index contributed by atoms with van der Waals surface area (Å²) >= 11 is 0. The molecule has 4 rings (SSSR count). The van der Waals surface area contributed by atoms with Crippen molar-refractivity contribution in [2.45, 2.75) is 0 Å². The van der Waals surface area contributed by atoms with Crippen molar-refractivity contribution in [3.8, 4) is 11.3 Å². The number of nitrogens with zero attached hydrogens (tertiary/aromatic N) is 1. The summed E-state index contributed by atoms with van der Waals surface area (Å²) < 4.78 is 0. The van der Waals surface area contributed by atoms with Gasteiger partial charge in [-0.1, -0.05) is 109 Å². The molecule has 0 aliphatic heterocycles. The molecule has 0 bridgehead atoms. The zero-order chi connectivity index (χ0) is 19.0. The zero-order valence-corrected chi connectivity index (χ0v) is 15.6. The lowest BCUT2D eigenvalue weighted by Gasteiger charge is -2.10. The van der Waals surface area contributed by atoms with Crippen molar-refractivity contribution in [3.63, 3.8) is 0 Å². The average Bonchev–Trinajstić information content (AvgIpc) is 2.78. The maximum atomic E-state index is 4.61. The zero-order valence-electron chi connectivity index (χ0n) is 15.6. The van der Waals surface area contributed by atoms with Gasteiger partial charge in [-0.2, -0.15) is 0 Å². The summed E-state index contributed by atoms with van der Waals surface area (Å²) in [6.07, 6.45) is 10.5. The Balaban J connectivity index is 1.78. The lowest BCUT2D eigenvalue weighted by atomic mass is 9.96. The van der Waals surface area contributed by atoms with Crippen molar-refractivity contribution in [1.29, 1.82) is 0 Å². The Morgan fingerprint density at radius 2 is 1.00 bits per heavy atom. The molecule has 0 spiro atoms. The second kappa shape index (κ2) is 8.79. The average molecular weight is 359 g/mol. The van der Waals surface area contributed by atoms with Gasteiger partial charge in [0.1, 0.15) is 0 Å². The molecule has 0 unspecified atom stereocenters. The molecule has 134 valence electrons. The molecule has 3 aromatic carbocycles. The topological polar surface area (TPSA) is 12.9 Å². The third-order valence-electron chi connectivity index (χ3n) is 4.56. The third-order valence-corrected chi connectivity index (χ3v) is 4.56. The van der Waals surface area contributed by atoms with Gasteiger partial charge in [0.15, 0.2) is 0 Å². The fourth-order valence-corrected chi connectivity index (χ4v) is 3.17. The Morgan fingerprint density at radius 3 is 1.50 bits per heavy atom. The molecule has 1 heteroatoms. The highest BCUT2D eigenvalue weighted by Crippen LogP contribution is 2.29. The Kier molecular flexibility index (Phi) is 5.55. The first kappa shape index (κ1) is 17.7. The number of hydrogen-bond acceptors (Lipinski definition) is 1. The van der Waals surface area contributed by atoms with E-state index in [0.717, 1.165) is 22.4 Å². The van der Waals surface area contributed by atoms with Crippen molar-refractivity contribution >= 4 is 24.3 Å². The highest BCUT2D eigenvalue weighted by atomic mass is 14.7. The molecule has 4 aromatic rings. The molecular weight excluding hydrogens is 338 g/mol. The molecule has 1 aromatic heterocycles. The Bertz CT molecular complexity index is 1010. The van der Waals surface area contributed by atoms with Gasteiger partial charge in [0, 0.05) is 11.8 Å². The largest absolute Gasteiger partial charge is 0.256 e. The fraction of sp³-hybridized carbons (Fsp3) is 0. The van der Waals surface area contributed by atoms with Crippen molar-refractivity contribution in [3.05, 3.63) is 126 Å². The minimum absolute atomic E-state index is 0.975. The molecule has 28 heavy (non-hydrogen) atoms. The minimum atomic E-state index is 0.975. The van der Waals surface area contributed by atoms with E-state index in [1.54, 1.807) is 0 Å². The Hall–Kier alpha value is -3.71. The van der Waals surface area contributed by atoms with Crippen LogP contribution in [-0.4, -0.2) is 4.98 Å². The van der Waals surface area contributed by atoms with Gasteiger partial charge in [-0.3, -0.25) is 4.98 Å². The summed E-state index contributed by atoms with van der Waals surface area (Å²) in [6, 6.07) is 33.1. The molecule has 0 amide bonds. The molecule has 0 aliphatic rings. The van der Waals surface area contributed by atoms with E-state index in [9.17, 15) is 0 Å². The van der Waals surface area contributed by atoms with Gasteiger partial charge in [-0.05, 0) is 34.4 Å². The van der Waals surface area contributed by atoms with Crippen molar-refractivity contribution in [2.24, 2.45) is 0 Å². The van der Waals surface area contributed by atoms with E-state index >= 15 is 0 Å². The molecule has 0 saturated carbocycles. The predicted molar refractivity (Wildman–Crippen MR) is 120 cm³/mol. The number of benzene rings is 3.